The zero-order valence-electron chi connectivity index (χ0n) is 11.5. The molecule has 1 aromatic carbocycles. The molecular formula is C15H20O3. The van der Waals surface area contributed by atoms with Crippen LogP contribution in [-0.4, -0.2) is 25.6 Å². The maximum absolute atomic E-state index is 12.6. The first-order valence-electron chi connectivity index (χ1n) is 6.30. The SMILES string of the molecule is COc1c(C(=O)C2(OC)CCC2)ccc(C)c1C. The van der Waals surface area contributed by atoms with Gasteiger partial charge in [0.2, 0.25) is 0 Å². The van der Waals surface area contributed by atoms with E-state index in [-0.39, 0.29) is 5.78 Å². The van der Waals surface area contributed by atoms with Gasteiger partial charge in [0.25, 0.3) is 0 Å². The highest BCUT2D eigenvalue weighted by Gasteiger charge is 2.45. The summed E-state index contributed by atoms with van der Waals surface area (Å²) in [5.74, 6) is 0.736. The molecule has 0 N–H and O–H groups in total. The molecule has 3 nitrogen and oxygen atoms in total. The van der Waals surface area contributed by atoms with Crippen molar-refractivity contribution < 1.29 is 14.3 Å². The summed E-state index contributed by atoms with van der Waals surface area (Å²) in [6, 6.07) is 3.82. The van der Waals surface area contributed by atoms with Crippen molar-refractivity contribution in [1.29, 1.82) is 0 Å². The summed E-state index contributed by atoms with van der Waals surface area (Å²) in [6.07, 6.45) is 2.66. The summed E-state index contributed by atoms with van der Waals surface area (Å²) in [6.45, 7) is 3.99. The van der Waals surface area contributed by atoms with E-state index >= 15 is 0 Å². The van der Waals surface area contributed by atoms with Crippen molar-refractivity contribution >= 4 is 5.78 Å². The molecule has 2 rings (SSSR count). The molecule has 0 heterocycles. The topological polar surface area (TPSA) is 35.5 Å². The van der Waals surface area contributed by atoms with Gasteiger partial charge in [-0.05, 0) is 50.3 Å². The fraction of sp³-hybridized carbons (Fsp3) is 0.533. The Morgan fingerprint density at radius 2 is 1.89 bits per heavy atom. The van der Waals surface area contributed by atoms with Crippen LogP contribution in [0.25, 0.3) is 0 Å². The highest BCUT2D eigenvalue weighted by Crippen LogP contribution is 2.40. The molecule has 1 aromatic rings. The van der Waals surface area contributed by atoms with Crippen LogP contribution in [0.5, 0.6) is 5.75 Å². The monoisotopic (exact) mass is 248 g/mol. The third-order valence-electron chi connectivity index (χ3n) is 4.09. The van der Waals surface area contributed by atoms with E-state index in [1.54, 1.807) is 14.2 Å². The molecule has 0 radical (unpaired) electrons. The highest BCUT2D eigenvalue weighted by atomic mass is 16.5. The number of carbonyl (C=O) groups excluding carboxylic acids is 1. The molecule has 98 valence electrons. The molecule has 0 aromatic heterocycles. The summed E-state index contributed by atoms with van der Waals surface area (Å²) in [4.78, 5) is 12.6. The van der Waals surface area contributed by atoms with E-state index in [0.29, 0.717) is 11.3 Å². The van der Waals surface area contributed by atoms with Gasteiger partial charge in [0, 0.05) is 7.11 Å². The van der Waals surface area contributed by atoms with Gasteiger partial charge in [-0.1, -0.05) is 6.07 Å². The van der Waals surface area contributed by atoms with Crippen LogP contribution >= 0.6 is 0 Å². The third kappa shape index (κ3) is 1.83. The molecule has 0 saturated heterocycles. The second-order valence-corrected chi connectivity index (χ2v) is 4.97. The summed E-state index contributed by atoms with van der Waals surface area (Å²) in [7, 11) is 3.23. The molecule has 0 spiro atoms. The van der Waals surface area contributed by atoms with Gasteiger partial charge in [0.15, 0.2) is 5.78 Å². The molecule has 1 saturated carbocycles. The Balaban J connectivity index is 2.45. The first-order valence-corrected chi connectivity index (χ1v) is 6.30. The van der Waals surface area contributed by atoms with Gasteiger partial charge in [-0.3, -0.25) is 4.79 Å². The van der Waals surface area contributed by atoms with E-state index < -0.39 is 5.60 Å². The van der Waals surface area contributed by atoms with E-state index in [0.717, 1.165) is 30.4 Å². The molecule has 1 fully saturated rings. The number of methoxy groups -OCH3 is 2. The van der Waals surface area contributed by atoms with E-state index in [1.165, 1.54) is 0 Å². The van der Waals surface area contributed by atoms with Crippen LogP contribution in [0.1, 0.15) is 40.7 Å². The molecule has 0 amide bonds. The third-order valence-corrected chi connectivity index (χ3v) is 4.09. The van der Waals surface area contributed by atoms with Crippen LogP contribution < -0.4 is 4.74 Å². The number of Topliss-reactive ketones (excluding diaryl/α,β-unsaturated/α-hetero) is 1. The molecule has 18 heavy (non-hydrogen) atoms. The number of benzene rings is 1. The number of ether oxygens (including phenoxy) is 2. The first kappa shape index (κ1) is 13.1. The quantitative estimate of drug-likeness (QED) is 0.768. The number of hydrogen-bond acceptors (Lipinski definition) is 3. The van der Waals surface area contributed by atoms with Crippen LogP contribution in [0.4, 0.5) is 0 Å². The smallest absolute Gasteiger partial charge is 0.198 e. The Bertz CT molecular complexity index is 467. The average molecular weight is 248 g/mol. The number of hydrogen-bond donors (Lipinski definition) is 0. The van der Waals surface area contributed by atoms with Crippen LogP contribution in [0.15, 0.2) is 12.1 Å². The largest absolute Gasteiger partial charge is 0.496 e. The van der Waals surface area contributed by atoms with Crippen molar-refractivity contribution in [1.82, 2.24) is 0 Å². The Kier molecular flexibility index (Phi) is 3.44. The fourth-order valence-corrected chi connectivity index (χ4v) is 2.50. The number of aryl methyl sites for hydroxylation is 1. The first-order chi connectivity index (χ1) is 8.55. The second-order valence-electron chi connectivity index (χ2n) is 4.97. The van der Waals surface area contributed by atoms with Gasteiger partial charge in [-0.15, -0.1) is 0 Å². The molecule has 0 atom stereocenters. The van der Waals surface area contributed by atoms with Crippen molar-refractivity contribution in [2.75, 3.05) is 14.2 Å². The lowest BCUT2D eigenvalue weighted by molar-refractivity contribution is -0.0449. The predicted molar refractivity (Wildman–Crippen MR) is 70.4 cm³/mol. The highest BCUT2D eigenvalue weighted by molar-refractivity contribution is 6.05. The van der Waals surface area contributed by atoms with Crippen LogP contribution in [0, 0.1) is 13.8 Å². The van der Waals surface area contributed by atoms with Gasteiger partial charge in [-0.2, -0.15) is 0 Å². The summed E-state index contributed by atoms with van der Waals surface area (Å²) in [5, 5.41) is 0. The predicted octanol–water partition coefficient (Wildman–Crippen LogP) is 3.06. The van der Waals surface area contributed by atoms with Crippen molar-refractivity contribution in [3.8, 4) is 5.75 Å². The van der Waals surface area contributed by atoms with Gasteiger partial charge >= 0.3 is 0 Å². The van der Waals surface area contributed by atoms with Crippen molar-refractivity contribution in [2.45, 2.75) is 38.7 Å². The van der Waals surface area contributed by atoms with Crippen molar-refractivity contribution in [3.05, 3.63) is 28.8 Å². The lowest BCUT2D eigenvalue weighted by atomic mass is 9.74. The Morgan fingerprint density at radius 3 is 2.33 bits per heavy atom. The van der Waals surface area contributed by atoms with Crippen LogP contribution in [-0.2, 0) is 4.74 Å². The molecular weight excluding hydrogens is 228 g/mol. The van der Waals surface area contributed by atoms with Gasteiger partial charge < -0.3 is 9.47 Å². The standard InChI is InChI=1S/C15H20O3/c1-10-6-7-12(13(17-3)11(10)2)14(16)15(18-4)8-5-9-15/h6-7H,5,8-9H2,1-4H3. The Hall–Kier alpha value is -1.35. The maximum atomic E-state index is 12.6. The number of carbonyl (C=O) groups is 1. The van der Waals surface area contributed by atoms with Crippen LogP contribution in [0.3, 0.4) is 0 Å². The summed E-state index contributed by atoms with van der Waals surface area (Å²) >= 11 is 0. The van der Waals surface area contributed by atoms with E-state index in [9.17, 15) is 4.79 Å². The fourth-order valence-electron chi connectivity index (χ4n) is 2.50. The van der Waals surface area contributed by atoms with Crippen molar-refractivity contribution in [3.63, 3.8) is 0 Å². The van der Waals surface area contributed by atoms with Gasteiger partial charge in [0.05, 0.1) is 12.7 Å². The zero-order chi connectivity index (χ0) is 13.3. The number of ketones is 1. The molecule has 1 aliphatic rings. The lowest BCUT2D eigenvalue weighted by Gasteiger charge is -2.39. The van der Waals surface area contributed by atoms with E-state index in [4.69, 9.17) is 9.47 Å². The summed E-state index contributed by atoms with van der Waals surface area (Å²) < 4.78 is 10.9. The van der Waals surface area contributed by atoms with E-state index in [1.807, 2.05) is 26.0 Å². The zero-order valence-corrected chi connectivity index (χ0v) is 11.5. The Labute approximate surface area is 108 Å². The van der Waals surface area contributed by atoms with Crippen LogP contribution in [0.2, 0.25) is 0 Å². The normalized spacial score (nSPS) is 17.1. The minimum atomic E-state index is -0.616. The maximum Gasteiger partial charge on any atom is 0.198 e. The molecule has 0 aliphatic heterocycles. The Morgan fingerprint density at radius 1 is 1.22 bits per heavy atom. The van der Waals surface area contributed by atoms with Crippen molar-refractivity contribution in [2.24, 2.45) is 0 Å². The second kappa shape index (κ2) is 4.73. The summed E-state index contributed by atoms with van der Waals surface area (Å²) in [5.41, 5.74) is 2.18. The van der Waals surface area contributed by atoms with E-state index in [2.05, 4.69) is 0 Å². The molecule has 3 heteroatoms. The van der Waals surface area contributed by atoms with Gasteiger partial charge in [-0.25, -0.2) is 0 Å². The molecule has 0 unspecified atom stereocenters. The minimum Gasteiger partial charge on any atom is -0.496 e. The molecule has 1 aliphatic carbocycles. The lowest BCUT2D eigenvalue weighted by Crippen LogP contribution is -2.47. The average Bonchev–Trinajstić information content (AvgIpc) is 2.31. The van der Waals surface area contributed by atoms with Gasteiger partial charge in [0.1, 0.15) is 11.4 Å². The minimum absolute atomic E-state index is 0.0520. The molecule has 0 bridgehead atoms. The number of rotatable bonds is 4.